The number of rotatable bonds is 3. The fraction of sp³-hybridized carbons (Fsp3) is 0.200. The third kappa shape index (κ3) is 2.02. The first-order valence-corrected chi connectivity index (χ1v) is 3.79. The van der Waals surface area contributed by atoms with E-state index >= 15 is 0 Å². The topological polar surface area (TPSA) is 12.5 Å². The van der Waals surface area contributed by atoms with Crippen LogP contribution in [0.15, 0.2) is 37.1 Å². The monoisotopic (exact) mass is 163 g/mol. The van der Waals surface area contributed by atoms with Crippen LogP contribution in [0.2, 0.25) is 0 Å². The predicted molar refractivity (Wildman–Crippen MR) is 51.6 cm³/mol. The molecular formula is C10H13NO. The van der Waals surface area contributed by atoms with Gasteiger partial charge in [-0.1, -0.05) is 12.6 Å². The number of nitrogens with zero attached hydrogens (tertiary/aromatic N) is 1. The minimum Gasteiger partial charge on any atom is -0.466 e. The van der Waals surface area contributed by atoms with Crippen LogP contribution in [-0.4, -0.2) is 14.1 Å². The smallest absolute Gasteiger partial charge is 0.128 e. The molecule has 1 aromatic rings. The van der Waals surface area contributed by atoms with Crippen LogP contribution in [-0.2, 0) is 0 Å². The molecule has 0 aliphatic carbocycles. The number of benzene rings is 1. The Morgan fingerprint density at radius 3 is 2.75 bits per heavy atom. The molecule has 0 N–H and O–H groups in total. The van der Waals surface area contributed by atoms with Crippen molar-refractivity contribution in [1.29, 1.82) is 0 Å². The van der Waals surface area contributed by atoms with Crippen LogP contribution in [0.3, 0.4) is 0 Å². The van der Waals surface area contributed by atoms with Crippen LogP contribution in [0.25, 0.3) is 0 Å². The zero-order valence-electron chi connectivity index (χ0n) is 7.45. The van der Waals surface area contributed by atoms with Gasteiger partial charge in [0.05, 0.1) is 6.26 Å². The van der Waals surface area contributed by atoms with Crippen LogP contribution in [0.1, 0.15) is 0 Å². The lowest BCUT2D eigenvalue weighted by Crippen LogP contribution is -2.08. The van der Waals surface area contributed by atoms with Gasteiger partial charge in [0.2, 0.25) is 0 Å². The van der Waals surface area contributed by atoms with Crippen molar-refractivity contribution in [3.05, 3.63) is 37.1 Å². The van der Waals surface area contributed by atoms with Gasteiger partial charge in [-0.25, -0.2) is 0 Å². The molecular weight excluding hydrogens is 150 g/mol. The van der Waals surface area contributed by atoms with E-state index in [1.807, 2.05) is 43.3 Å². The van der Waals surface area contributed by atoms with E-state index in [4.69, 9.17) is 4.74 Å². The molecule has 0 aromatic heterocycles. The first-order valence-electron chi connectivity index (χ1n) is 3.79. The average Bonchev–Trinajstić information content (AvgIpc) is 2.05. The Bertz CT molecular complexity index is 268. The molecule has 2 nitrogen and oxygen atoms in total. The summed E-state index contributed by atoms with van der Waals surface area (Å²) in [5.41, 5.74) is 1.12. The molecule has 1 aromatic carbocycles. The summed E-state index contributed by atoms with van der Waals surface area (Å²) in [5, 5.41) is 0. The van der Waals surface area contributed by atoms with Crippen LogP contribution in [0, 0.1) is 0 Å². The number of hydrogen-bond acceptors (Lipinski definition) is 2. The summed E-state index contributed by atoms with van der Waals surface area (Å²) in [7, 11) is 3.99. The normalized spacial score (nSPS) is 9.17. The van der Waals surface area contributed by atoms with E-state index < -0.39 is 0 Å². The van der Waals surface area contributed by atoms with Crippen LogP contribution in [0.5, 0.6) is 5.75 Å². The Balaban J connectivity index is 2.87. The highest BCUT2D eigenvalue weighted by Crippen LogP contribution is 2.18. The van der Waals surface area contributed by atoms with Gasteiger partial charge in [0, 0.05) is 25.8 Å². The fourth-order valence-electron chi connectivity index (χ4n) is 0.931. The molecule has 12 heavy (non-hydrogen) atoms. The van der Waals surface area contributed by atoms with E-state index in [9.17, 15) is 0 Å². The maximum atomic E-state index is 5.13. The lowest BCUT2D eigenvalue weighted by atomic mass is 10.3. The van der Waals surface area contributed by atoms with Crippen molar-refractivity contribution >= 4 is 5.69 Å². The zero-order chi connectivity index (χ0) is 8.97. The van der Waals surface area contributed by atoms with Gasteiger partial charge in [-0.15, -0.1) is 0 Å². The number of hydrogen-bond donors (Lipinski definition) is 0. The summed E-state index contributed by atoms with van der Waals surface area (Å²) in [4.78, 5) is 2.02. The van der Waals surface area contributed by atoms with E-state index in [1.54, 1.807) is 0 Å². The predicted octanol–water partition coefficient (Wildman–Crippen LogP) is 2.27. The summed E-state index contributed by atoms with van der Waals surface area (Å²) >= 11 is 0. The van der Waals surface area contributed by atoms with Gasteiger partial charge in [0.15, 0.2) is 0 Å². The summed E-state index contributed by atoms with van der Waals surface area (Å²) in [5.74, 6) is 0.816. The molecule has 0 saturated carbocycles. The minimum absolute atomic E-state index is 0.816. The van der Waals surface area contributed by atoms with Crippen molar-refractivity contribution in [2.24, 2.45) is 0 Å². The highest BCUT2D eigenvalue weighted by molar-refractivity contribution is 5.49. The van der Waals surface area contributed by atoms with Gasteiger partial charge in [-0.05, 0) is 12.1 Å². The van der Waals surface area contributed by atoms with Crippen LogP contribution < -0.4 is 9.64 Å². The molecule has 2 heteroatoms. The second kappa shape index (κ2) is 3.81. The highest BCUT2D eigenvalue weighted by Gasteiger charge is 1.95. The van der Waals surface area contributed by atoms with E-state index in [-0.39, 0.29) is 0 Å². The summed E-state index contributed by atoms with van der Waals surface area (Å²) in [6.45, 7) is 3.49. The fourth-order valence-corrected chi connectivity index (χ4v) is 0.931. The summed E-state index contributed by atoms with van der Waals surface area (Å²) in [6.07, 6.45) is 1.43. The SMILES string of the molecule is C=COc1cccc(N(C)C)c1. The lowest BCUT2D eigenvalue weighted by molar-refractivity contribution is 0.483. The zero-order valence-corrected chi connectivity index (χ0v) is 7.45. The van der Waals surface area contributed by atoms with Crippen LogP contribution in [0.4, 0.5) is 5.69 Å². The van der Waals surface area contributed by atoms with Gasteiger partial charge in [-0.3, -0.25) is 0 Å². The van der Waals surface area contributed by atoms with Crippen LogP contribution >= 0.6 is 0 Å². The molecule has 0 saturated heterocycles. The van der Waals surface area contributed by atoms with Gasteiger partial charge in [-0.2, -0.15) is 0 Å². The number of anilines is 1. The second-order valence-electron chi connectivity index (χ2n) is 2.68. The molecule has 0 aliphatic rings. The third-order valence-electron chi connectivity index (χ3n) is 1.55. The van der Waals surface area contributed by atoms with Gasteiger partial charge in [0.1, 0.15) is 5.75 Å². The molecule has 0 radical (unpaired) electrons. The molecule has 64 valence electrons. The molecule has 1 rings (SSSR count). The van der Waals surface area contributed by atoms with Crippen molar-refractivity contribution in [1.82, 2.24) is 0 Å². The molecule has 0 heterocycles. The van der Waals surface area contributed by atoms with Crippen molar-refractivity contribution in [3.63, 3.8) is 0 Å². The van der Waals surface area contributed by atoms with Gasteiger partial charge < -0.3 is 9.64 Å². The lowest BCUT2D eigenvalue weighted by Gasteiger charge is -2.12. The van der Waals surface area contributed by atoms with E-state index in [1.165, 1.54) is 6.26 Å². The largest absolute Gasteiger partial charge is 0.466 e. The first-order chi connectivity index (χ1) is 5.74. The maximum absolute atomic E-state index is 5.13. The minimum atomic E-state index is 0.816. The second-order valence-corrected chi connectivity index (χ2v) is 2.68. The Hall–Kier alpha value is -1.44. The standard InChI is InChI=1S/C10H13NO/c1-4-12-10-7-5-6-9(8-10)11(2)3/h4-8H,1H2,2-3H3. The van der Waals surface area contributed by atoms with E-state index in [0.29, 0.717) is 0 Å². The van der Waals surface area contributed by atoms with Crippen molar-refractivity contribution in [2.45, 2.75) is 0 Å². The quantitative estimate of drug-likeness (QED) is 0.634. The Kier molecular flexibility index (Phi) is 2.75. The summed E-state index contributed by atoms with van der Waals surface area (Å²) < 4.78 is 5.13. The third-order valence-corrected chi connectivity index (χ3v) is 1.55. The molecule has 0 unspecified atom stereocenters. The molecule has 0 atom stereocenters. The van der Waals surface area contributed by atoms with Crippen molar-refractivity contribution in [3.8, 4) is 5.75 Å². The molecule has 0 spiro atoms. The Morgan fingerprint density at radius 2 is 2.17 bits per heavy atom. The molecule has 0 bridgehead atoms. The Labute approximate surface area is 73.1 Å². The molecule has 0 aliphatic heterocycles. The molecule has 0 fully saturated rings. The molecule has 0 amide bonds. The summed E-state index contributed by atoms with van der Waals surface area (Å²) in [6, 6.07) is 7.83. The van der Waals surface area contributed by atoms with E-state index in [2.05, 4.69) is 6.58 Å². The first kappa shape index (κ1) is 8.65. The van der Waals surface area contributed by atoms with Crippen molar-refractivity contribution in [2.75, 3.05) is 19.0 Å². The Morgan fingerprint density at radius 1 is 1.42 bits per heavy atom. The number of ether oxygens (including phenoxy) is 1. The van der Waals surface area contributed by atoms with E-state index in [0.717, 1.165) is 11.4 Å². The average molecular weight is 163 g/mol. The van der Waals surface area contributed by atoms with Crippen molar-refractivity contribution < 1.29 is 4.74 Å². The highest BCUT2D eigenvalue weighted by atomic mass is 16.5. The maximum Gasteiger partial charge on any atom is 0.128 e. The van der Waals surface area contributed by atoms with Gasteiger partial charge in [0.25, 0.3) is 0 Å². The van der Waals surface area contributed by atoms with Gasteiger partial charge >= 0.3 is 0 Å².